The molecule has 5 heterocycles. The summed E-state index contributed by atoms with van der Waals surface area (Å²) < 4.78 is 1.87. The predicted octanol–water partition coefficient (Wildman–Crippen LogP) is 6.78. The molecule has 9 heteroatoms. The molecule has 4 aromatic heterocycles. The average molecular weight is 600 g/mol. The van der Waals surface area contributed by atoms with E-state index in [1.807, 2.05) is 83.7 Å². The summed E-state index contributed by atoms with van der Waals surface area (Å²) in [7, 11) is 0. The van der Waals surface area contributed by atoms with Crippen LogP contribution in [-0.4, -0.2) is 43.5 Å². The zero-order valence-electron chi connectivity index (χ0n) is 24.5. The Morgan fingerprint density at radius 1 is 1.02 bits per heavy atom. The van der Waals surface area contributed by atoms with E-state index in [1.54, 1.807) is 6.20 Å². The normalized spacial score (nSPS) is 14.2. The van der Waals surface area contributed by atoms with Gasteiger partial charge in [-0.3, -0.25) is 9.69 Å². The van der Waals surface area contributed by atoms with Crippen molar-refractivity contribution in [3.8, 4) is 22.5 Å². The maximum atomic E-state index is 12.7. The number of thiophene rings is 1. The van der Waals surface area contributed by atoms with Gasteiger partial charge in [-0.25, -0.2) is 14.5 Å². The first-order valence-electron chi connectivity index (χ1n) is 14.9. The van der Waals surface area contributed by atoms with Crippen LogP contribution in [0, 0.1) is 6.92 Å². The number of nitrogens with zero attached hydrogens (tertiary/aromatic N) is 5. The van der Waals surface area contributed by atoms with Gasteiger partial charge in [0.2, 0.25) is 11.9 Å². The van der Waals surface area contributed by atoms with Crippen molar-refractivity contribution in [3.63, 3.8) is 0 Å². The first-order valence-corrected chi connectivity index (χ1v) is 15.7. The second-order valence-corrected chi connectivity index (χ2v) is 12.2. The van der Waals surface area contributed by atoms with Gasteiger partial charge in [0.1, 0.15) is 5.69 Å². The van der Waals surface area contributed by atoms with Crippen molar-refractivity contribution in [3.05, 3.63) is 118 Å². The van der Waals surface area contributed by atoms with E-state index in [4.69, 9.17) is 15.8 Å². The molecule has 0 radical (unpaired) electrons. The standard InChI is InChI=1S/C35H33N7OS/c1-23-12-13-25(21-27(23)31(34(36)43)30-11-7-19-44-30)33-32(29-10-2-3-18-42(29)40-33)28-14-15-37-35(39-28)38-26-9-6-8-24(20-26)22-41-16-4-5-17-41/h2-3,6-15,18-21,31H,4-5,16-17,22H2,1H3,(H2,36,43)(H,37,38,39). The number of aromatic nitrogens is 4. The number of hydrogen-bond acceptors (Lipinski definition) is 7. The number of likely N-dealkylation sites (tertiary alicyclic amines) is 1. The van der Waals surface area contributed by atoms with Gasteiger partial charge in [0.05, 0.1) is 22.7 Å². The van der Waals surface area contributed by atoms with E-state index in [0.29, 0.717) is 5.95 Å². The number of pyridine rings is 1. The van der Waals surface area contributed by atoms with Crippen LogP contribution >= 0.6 is 11.3 Å². The molecule has 2 aromatic carbocycles. The third-order valence-corrected chi connectivity index (χ3v) is 9.15. The minimum Gasteiger partial charge on any atom is -0.369 e. The van der Waals surface area contributed by atoms with Crippen LogP contribution in [0.5, 0.6) is 0 Å². The van der Waals surface area contributed by atoms with Gasteiger partial charge < -0.3 is 11.1 Å². The van der Waals surface area contributed by atoms with E-state index in [0.717, 1.165) is 69.4 Å². The molecule has 0 bridgehead atoms. The van der Waals surface area contributed by atoms with Crippen molar-refractivity contribution in [2.24, 2.45) is 5.73 Å². The Labute approximate surface area is 260 Å². The topological polar surface area (TPSA) is 101 Å². The van der Waals surface area contributed by atoms with Gasteiger partial charge in [-0.2, -0.15) is 5.10 Å². The monoisotopic (exact) mass is 599 g/mol. The van der Waals surface area contributed by atoms with Crippen molar-refractivity contribution < 1.29 is 4.79 Å². The summed E-state index contributed by atoms with van der Waals surface area (Å²) >= 11 is 1.53. The van der Waals surface area contributed by atoms with Gasteiger partial charge in [-0.05, 0) is 97.4 Å². The molecule has 1 unspecified atom stereocenters. The molecular weight excluding hydrogens is 567 g/mol. The highest BCUT2D eigenvalue weighted by Gasteiger charge is 2.25. The third kappa shape index (κ3) is 5.59. The molecule has 220 valence electrons. The van der Waals surface area contributed by atoms with Crippen LogP contribution < -0.4 is 11.1 Å². The first-order chi connectivity index (χ1) is 21.5. The molecule has 0 spiro atoms. The molecule has 7 rings (SSSR count). The Hall–Kier alpha value is -4.86. The Bertz CT molecular complexity index is 1940. The highest BCUT2D eigenvalue weighted by Crippen LogP contribution is 2.38. The van der Waals surface area contributed by atoms with Crippen LogP contribution in [0.2, 0.25) is 0 Å². The molecule has 1 atom stereocenters. The summed E-state index contributed by atoms with van der Waals surface area (Å²) in [4.78, 5) is 25.6. The molecule has 1 aliphatic rings. The van der Waals surface area contributed by atoms with E-state index >= 15 is 0 Å². The lowest BCUT2D eigenvalue weighted by molar-refractivity contribution is -0.118. The van der Waals surface area contributed by atoms with Crippen LogP contribution in [0.1, 0.15) is 40.3 Å². The summed E-state index contributed by atoms with van der Waals surface area (Å²) in [5, 5.41) is 10.4. The fourth-order valence-corrected chi connectivity index (χ4v) is 6.94. The van der Waals surface area contributed by atoms with Gasteiger partial charge in [0, 0.05) is 35.1 Å². The zero-order valence-corrected chi connectivity index (χ0v) is 25.3. The number of hydrogen-bond donors (Lipinski definition) is 2. The number of rotatable bonds is 9. The quantitative estimate of drug-likeness (QED) is 0.190. The highest BCUT2D eigenvalue weighted by atomic mass is 32.1. The zero-order chi connectivity index (χ0) is 30.0. The lowest BCUT2D eigenvalue weighted by Crippen LogP contribution is -2.22. The average Bonchev–Trinajstić information content (AvgIpc) is 3.81. The summed E-state index contributed by atoms with van der Waals surface area (Å²) in [6.07, 6.45) is 6.25. The Balaban J connectivity index is 1.27. The third-order valence-electron chi connectivity index (χ3n) is 8.22. The Kier molecular flexibility index (Phi) is 7.64. The number of fused-ring (bicyclic) bond motifs is 1. The molecule has 0 saturated carbocycles. The number of anilines is 2. The number of primary amides is 1. The van der Waals surface area contributed by atoms with Gasteiger partial charge in [0.15, 0.2) is 0 Å². The van der Waals surface area contributed by atoms with Gasteiger partial charge >= 0.3 is 0 Å². The molecular formula is C35H33N7OS. The number of carbonyl (C=O) groups excluding carboxylic acids is 1. The van der Waals surface area contributed by atoms with E-state index in [9.17, 15) is 4.79 Å². The molecule has 3 N–H and O–H groups in total. The minimum absolute atomic E-state index is 0.376. The number of amides is 1. The lowest BCUT2D eigenvalue weighted by atomic mass is 9.90. The smallest absolute Gasteiger partial charge is 0.230 e. The fraction of sp³-hybridized carbons (Fsp3) is 0.200. The van der Waals surface area contributed by atoms with E-state index < -0.39 is 5.92 Å². The number of carbonyl (C=O) groups is 1. The number of nitrogens with two attached hydrogens (primary N) is 1. The van der Waals surface area contributed by atoms with Crippen LogP contribution in [0.3, 0.4) is 0 Å². The second-order valence-electron chi connectivity index (χ2n) is 11.3. The van der Waals surface area contributed by atoms with Crippen molar-refractivity contribution >= 4 is 34.4 Å². The summed E-state index contributed by atoms with van der Waals surface area (Å²) in [5.41, 5.74) is 14.3. The lowest BCUT2D eigenvalue weighted by Gasteiger charge is -2.16. The summed E-state index contributed by atoms with van der Waals surface area (Å²) in [6.45, 7) is 5.27. The predicted molar refractivity (Wildman–Crippen MR) is 176 cm³/mol. The van der Waals surface area contributed by atoms with Crippen LogP contribution in [0.15, 0.2) is 96.6 Å². The van der Waals surface area contributed by atoms with E-state index in [-0.39, 0.29) is 5.91 Å². The summed E-state index contributed by atoms with van der Waals surface area (Å²) in [6, 6.07) is 26.4. The molecule has 8 nitrogen and oxygen atoms in total. The molecule has 1 fully saturated rings. The number of benzene rings is 2. The van der Waals surface area contributed by atoms with Gasteiger partial charge in [0.25, 0.3) is 0 Å². The van der Waals surface area contributed by atoms with E-state index in [1.165, 1.54) is 29.7 Å². The van der Waals surface area contributed by atoms with Crippen molar-refractivity contribution in [2.75, 3.05) is 18.4 Å². The second kappa shape index (κ2) is 12.0. The Morgan fingerprint density at radius 2 is 1.91 bits per heavy atom. The molecule has 1 amide bonds. The number of aryl methyl sites for hydroxylation is 1. The largest absolute Gasteiger partial charge is 0.369 e. The van der Waals surface area contributed by atoms with Crippen molar-refractivity contribution in [1.29, 1.82) is 0 Å². The van der Waals surface area contributed by atoms with Crippen LogP contribution in [-0.2, 0) is 11.3 Å². The van der Waals surface area contributed by atoms with Gasteiger partial charge in [-0.15, -0.1) is 11.3 Å². The molecule has 6 aromatic rings. The van der Waals surface area contributed by atoms with Crippen molar-refractivity contribution in [2.45, 2.75) is 32.2 Å². The van der Waals surface area contributed by atoms with Crippen LogP contribution in [0.25, 0.3) is 28.0 Å². The summed E-state index contributed by atoms with van der Waals surface area (Å²) in [5.74, 6) is -0.399. The Morgan fingerprint density at radius 3 is 2.73 bits per heavy atom. The van der Waals surface area contributed by atoms with Crippen LogP contribution in [0.4, 0.5) is 11.6 Å². The first kappa shape index (κ1) is 27.9. The molecule has 0 aliphatic carbocycles. The maximum absolute atomic E-state index is 12.7. The fourth-order valence-electron chi connectivity index (χ4n) is 6.09. The van der Waals surface area contributed by atoms with Crippen molar-refractivity contribution in [1.82, 2.24) is 24.5 Å². The highest BCUT2D eigenvalue weighted by molar-refractivity contribution is 7.10. The minimum atomic E-state index is -0.536. The van der Waals surface area contributed by atoms with E-state index in [2.05, 4.69) is 33.4 Å². The molecule has 44 heavy (non-hydrogen) atoms. The number of nitrogens with one attached hydrogen (secondary N) is 1. The molecule has 1 saturated heterocycles. The maximum Gasteiger partial charge on any atom is 0.230 e. The van der Waals surface area contributed by atoms with Gasteiger partial charge in [-0.1, -0.05) is 36.4 Å². The molecule has 1 aliphatic heterocycles. The SMILES string of the molecule is Cc1ccc(-c2nn3ccccc3c2-c2ccnc(Nc3cccc(CN4CCCC4)c3)n2)cc1C(C(N)=O)c1cccs1.